The van der Waals surface area contributed by atoms with Crippen molar-refractivity contribution >= 4 is 0 Å². The monoisotopic (exact) mass is 218 g/mol. The van der Waals surface area contributed by atoms with E-state index in [1.165, 1.54) is 25.7 Å². The lowest BCUT2D eigenvalue weighted by molar-refractivity contribution is -0.0808. The summed E-state index contributed by atoms with van der Waals surface area (Å²) >= 11 is 0. The minimum absolute atomic E-state index is 0.253. The second-order valence-corrected chi connectivity index (χ2v) is 7.36. The summed E-state index contributed by atoms with van der Waals surface area (Å²) in [6.07, 6.45) is 7.54. The van der Waals surface area contributed by atoms with Gasteiger partial charge in [0.05, 0.1) is 12.2 Å². The Hall–Kier alpha value is -0.300. The van der Waals surface area contributed by atoms with Gasteiger partial charge in [-0.1, -0.05) is 19.9 Å². The zero-order valence-corrected chi connectivity index (χ0v) is 10.5. The van der Waals surface area contributed by atoms with Gasteiger partial charge in [0.15, 0.2) is 0 Å². The number of rotatable bonds is 3. The fourth-order valence-corrected chi connectivity index (χ4v) is 5.78. The molecule has 4 aliphatic rings. The average molecular weight is 218 g/mol. The van der Waals surface area contributed by atoms with Crippen molar-refractivity contribution in [3.63, 3.8) is 0 Å². The van der Waals surface area contributed by atoms with Crippen molar-refractivity contribution in [3.8, 4) is 0 Å². The third kappa shape index (κ3) is 0.827. The Morgan fingerprint density at radius 3 is 2.88 bits per heavy atom. The molecule has 1 heteroatoms. The molecule has 0 saturated heterocycles. The van der Waals surface area contributed by atoms with Gasteiger partial charge in [-0.3, -0.25) is 0 Å². The molecule has 0 aromatic rings. The van der Waals surface area contributed by atoms with Crippen LogP contribution in [0, 0.1) is 28.6 Å². The zero-order chi connectivity index (χ0) is 11.2. The number of hydrogen-bond acceptors (Lipinski definition) is 1. The van der Waals surface area contributed by atoms with Crippen molar-refractivity contribution in [1.29, 1.82) is 0 Å². The molecule has 16 heavy (non-hydrogen) atoms. The molecule has 4 saturated carbocycles. The molecule has 0 aliphatic heterocycles. The fraction of sp³-hybridized carbons (Fsp3) is 0.867. The molecule has 4 rings (SSSR count). The number of ether oxygens (including phenoxy) is 1. The summed E-state index contributed by atoms with van der Waals surface area (Å²) < 4.78 is 6.33. The summed E-state index contributed by atoms with van der Waals surface area (Å²) in [4.78, 5) is 0. The lowest BCUT2D eigenvalue weighted by Gasteiger charge is -2.37. The quantitative estimate of drug-likeness (QED) is 0.660. The molecule has 0 unspecified atom stereocenters. The van der Waals surface area contributed by atoms with Crippen LogP contribution < -0.4 is 0 Å². The summed E-state index contributed by atoms with van der Waals surface area (Å²) in [6, 6.07) is 0. The predicted octanol–water partition coefficient (Wildman–Crippen LogP) is 3.40. The summed E-state index contributed by atoms with van der Waals surface area (Å²) in [7, 11) is 0. The van der Waals surface area contributed by atoms with Gasteiger partial charge >= 0.3 is 0 Å². The Labute approximate surface area is 98.2 Å². The lowest BCUT2D eigenvalue weighted by Crippen LogP contribution is -2.39. The van der Waals surface area contributed by atoms with Crippen LogP contribution in [-0.4, -0.2) is 12.2 Å². The summed E-state index contributed by atoms with van der Waals surface area (Å²) in [5.74, 6) is 3.01. The molecule has 88 valence electrons. The van der Waals surface area contributed by atoms with E-state index in [9.17, 15) is 0 Å². The van der Waals surface area contributed by atoms with E-state index in [0.29, 0.717) is 10.8 Å². The molecule has 4 fully saturated rings. The SMILES string of the molecule is C=CCO[C@@]12C[C@@H]3C[C@@H]3[C@@]13C[C@H]3C(C)(C)C2. The first-order valence-corrected chi connectivity index (χ1v) is 6.81. The van der Waals surface area contributed by atoms with E-state index < -0.39 is 0 Å². The Bertz CT molecular complexity index is 372. The van der Waals surface area contributed by atoms with Crippen molar-refractivity contribution in [2.24, 2.45) is 28.6 Å². The van der Waals surface area contributed by atoms with Gasteiger partial charge in [-0.2, -0.15) is 0 Å². The van der Waals surface area contributed by atoms with Crippen LogP contribution >= 0.6 is 0 Å². The van der Waals surface area contributed by atoms with Crippen LogP contribution in [0.25, 0.3) is 0 Å². The lowest BCUT2D eigenvalue weighted by atomic mass is 9.80. The van der Waals surface area contributed by atoms with Gasteiger partial charge in [-0.05, 0) is 48.9 Å². The van der Waals surface area contributed by atoms with Gasteiger partial charge in [-0.25, -0.2) is 0 Å². The van der Waals surface area contributed by atoms with Gasteiger partial charge in [0.25, 0.3) is 0 Å². The molecule has 0 amide bonds. The third-order valence-corrected chi connectivity index (χ3v) is 6.19. The molecule has 1 spiro atoms. The smallest absolute Gasteiger partial charge is 0.0756 e. The number of fused-ring (bicyclic) bond motifs is 1. The maximum atomic E-state index is 6.33. The molecule has 0 N–H and O–H groups in total. The normalized spacial score (nSPS) is 58.8. The largest absolute Gasteiger partial charge is 0.370 e. The zero-order valence-electron chi connectivity index (χ0n) is 10.5. The highest BCUT2D eigenvalue weighted by Gasteiger charge is 2.86. The molecule has 0 bridgehead atoms. The van der Waals surface area contributed by atoms with E-state index in [-0.39, 0.29) is 5.60 Å². The molecular formula is C15H22O. The molecule has 1 nitrogen and oxygen atoms in total. The first-order valence-electron chi connectivity index (χ1n) is 6.81. The van der Waals surface area contributed by atoms with E-state index in [1.807, 2.05) is 6.08 Å². The first-order chi connectivity index (χ1) is 7.56. The van der Waals surface area contributed by atoms with Gasteiger partial charge < -0.3 is 4.74 Å². The molecule has 0 aromatic heterocycles. The maximum Gasteiger partial charge on any atom is 0.0756 e. The van der Waals surface area contributed by atoms with Crippen molar-refractivity contribution in [2.45, 2.75) is 45.1 Å². The van der Waals surface area contributed by atoms with Crippen molar-refractivity contribution in [2.75, 3.05) is 6.61 Å². The van der Waals surface area contributed by atoms with Gasteiger partial charge in [0.2, 0.25) is 0 Å². The van der Waals surface area contributed by atoms with E-state index in [1.54, 1.807) is 0 Å². The number of hydrogen-bond donors (Lipinski definition) is 0. The van der Waals surface area contributed by atoms with E-state index >= 15 is 0 Å². The second kappa shape index (κ2) is 2.43. The molecule has 0 heterocycles. The highest BCUT2D eigenvalue weighted by molar-refractivity contribution is 5.35. The molecule has 0 radical (unpaired) electrons. The van der Waals surface area contributed by atoms with Crippen molar-refractivity contribution in [1.82, 2.24) is 0 Å². The average Bonchev–Trinajstić information content (AvgIpc) is 3.03. The fourth-order valence-electron chi connectivity index (χ4n) is 5.78. The van der Waals surface area contributed by atoms with Crippen LogP contribution in [0.3, 0.4) is 0 Å². The predicted molar refractivity (Wildman–Crippen MR) is 64.0 cm³/mol. The van der Waals surface area contributed by atoms with Gasteiger partial charge in [0, 0.05) is 5.41 Å². The van der Waals surface area contributed by atoms with E-state index in [2.05, 4.69) is 20.4 Å². The Balaban J connectivity index is 1.72. The highest BCUT2D eigenvalue weighted by atomic mass is 16.5. The summed E-state index contributed by atoms with van der Waals surface area (Å²) in [5, 5.41) is 0. The van der Waals surface area contributed by atoms with Crippen LogP contribution in [0.1, 0.15) is 39.5 Å². The minimum Gasteiger partial charge on any atom is -0.370 e. The Morgan fingerprint density at radius 2 is 2.19 bits per heavy atom. The van der Waals surface area contributed by atoms with Crippen LogP contribution in [-0.2, 0) is 4.74 Å². The van der Waals surface area contributed by atoms with Crippen LogP contribution in [0.2, 0.25) is 0 Å². The van der Waals surface area contributed by atoms with E-state index in [4.69, 9.17) is 4.74 Å². The topological polar surface area (TPSA) is 9.23 Å². The van der Waals surface area contributed by atoms with Gasteiger partial charge in [-0.15, -0.1) is 6.58 Å². The molecule has 0 aromatic carbocycles. The Kier molecular flexibility index (Phi) is 1.47. The second-order valence-electron chi connectivity index (χ2n) is 7.36. The molecule has 4 aliphatic carbocycles. The molecular weight excluding hydrogens is 196 g/mol. The van der Waals surface area contributed by atoms with Gasteiger partial charge in [0.1, 0.15) is 0 Å². The Morgan fingerprint density at radius 1 is 1.38 bits per heavy atom. The standard InChI is InChI=1S/C15H22O/c1-4-5-16-14-7-10-6-11(10)15(14)8-12(15)13(2,3)9-14/h4,10-12H,1,5-9H2,2-3H3/t10-,11-,12-,14+,15+/m0/s1. The summed E-state index contributed by atoms with van der Waals surface area (Å²) in [6.45, 7) is 9.48. The van der Waals surface area contributed by atoms with Crippen LogP contribution in [0.4, 0.5) is 0 Å². The highest BCUT2D eigenvalue weighted by Crippen LogP contribution is 2.88. The minimum atomic E-state index is 0.253. The molecule has 5 atom stereocenters. The third-order valence-electron chi connectivity index (χ3n) is 6.19. The first kappa shape index (κ1) is 9.70. The van der Waals surface area contributed by atoms with Crippen molar-refractivity contribution in [3.05, 3.63) is 12.7 Å². The van der Waals surface area contributed by atoms with Crippen LogP contribution in [0.15, 0.2) is 12.7 Å². The van der Waals surface area contributed by atoms with Crippen LogP contribution in [0.5, 0.6) is 0 Å². The maximum absolute atomic E-state index is 6.33. The summed E-state index contributed by atoms with van der Waals surface area (Å²) in [5.41, 5.74) is 1.39. The van der Waals surface area contributed by atoms with E-state index in [0.717, 1.165) is 24.4 Å². The van der Waals surface area contributed by atoms with Crippen molar-refractivity contribution < 1.29 is 4.74 Å².